The van der Waals surface area contributed by atoms with E-state index in [-0.39, 0.29) is 5.97 Å². The number of hydrogen-bond donors (Lipinski definition) is 0. The van der Waals surface area contributed by atoms with Crippen LogP contribution in [0.3, 0.4) is 0 Å². The van der Waals surface area contributed by atoms with E-state index in [4.69, 9.17) is 14.6 Å². The fourth-order valence-electron chi connectivity index (χ4n) is 2.92. The summed E-state index contributed by atoms with van der Waals surface area (Å²) in [6.45, 7) is 4.13. The highest BCUT2D eigenvalue weighted by atomic mass is 32.2. The Bertz CT molecular complexity index is 1130. The summed E-state index contributed by atoms with van der Waals surface area (Å²) in [5.41, 5.74) is 1.94. The van der Waals surface area contributed by atoms with Crippen molar-refractivity contribution in [2.45, 2.75) is 19.0 Å². The van der Waals surface area contributed by atoms with Crippen LogP contribution in [0.1, 0.15) is 16.7 Å². The zero-order valence-electron chi connectivity index (χ0n) is 16.8. The van der Waals surface area contributed by atoms with Crippen LogP contribution in [0.25, 0.3) is 17.5 Å². The Morgan fingerprint density at radius 3 is 2.67 bits per heavy atom. The number of rotatable bonds is 6. The summed E-state index contributed by atoms with van der Waals surface area (Å²) in [6, 6.07) is 11.5. The summed E-state index contributed by atoms with van der Waals surface area (Å²) in [4.78, 5) is 14.9. The van der Waals surface area contributed by atoms with Crippen LogP contribution in [0.2, 0.25) is 0 Å². The van der Waals surface area contributed by atoms with Crippen molar-refractivity contribution >= 4 is 40.9 Å². The van der Waals surface area contributed by atoms with Crippen LogP contribution in [-0.4, -0.2) is 46.0 Å². The van der Waals surface area contributed by atoms with E-state index in [9.17, 15) is 4.79 Å². The number of nitrogens with zero attached hydrogens (tertiary/aromatic N) is 4. The first-order valence-corrected chi connectivity index (χ1v) is 11.2. The van der Waals surface area contributed by atoms with Crippen LogP contribution in [0.5, 0.6) is 5.75 Å². The minimum absolute atomic E-state index is 0.301. The second kappa shape index (κ2) is 8.85. The molecule has 1 aromatic carbocycles. The number of ether oxygens (including phenoxy) is 2. The molecule has 2 aromatic heterocycles. The molecule has 0 aliphatic carbocycles. The second-order valence-electron chi connectivity index (χ2n) is 6.41. The Hall–Kier alpha value is -2.91. The lowest BCUT2D eigenvalue weighted by atomic mass is 10.1. The summed E-state index contributed by atoms with van der Waals surface area (Å²) < 4.78 is 12.2. The lowest BCUT2D eigenvalue weighted by Crippen LogP contribution is -2.21. The van der Waals surface area contributed by atoms with Crippen LogP contribution < -0.4 is 4.74 Å². The van der Waals surface area contributed by atoms with Crippen molar-refractivity contribution in [2.24, 2.45) is 5.10 Å². The number of esters is 1. The van der Waals surface area contributed by atoms with E-state index in [0.29, 0.717) is 34.6 Å². The molecule has 154 valence electrons. The topological polar surface area (TPSA) is 78.6 Å². The maximum Gasteiger partial charge on any atom is 0.340 e. The largest absolute Gasteiger partial charge is 0.497 e. The third-order valence-electron chi connectivity index (χ3n) is 4.37. The summed E-state index contributed by atoms with van der Waals surface area (Å²) in [5.74, 6) is 1.49. The Morgan fingerprint density at radius 1 is 1.20 bits per heavy atom. The molecule has 0 amide bonds. The fourth-order valence-corrected chi connectivity index (χ4v) is 4.57. The van der Waals surface area contributed by atoms with Gasteiger partial charge in [0.15, 0.2) is 5.82 Å². The van der Waals surface area contributed by atoms with Crippen LogP contribution in [0.15, 0.2) is 52.2 Å². The average molecular weight is 441 g/mol. The molecule has 0 saturated carbocycles. The highest BCUT2D eigenvalue weighted by Gasteiger charge is 2.25. The minimum Gasteiger partial charge on any atom is -0.497 e. The van der Waals surface area contributed by atoms with E-state index in [1.807, 2.05) is 49.4 Å². The highest BCUT2D eigenvalue weighted by molar-refractivity contribution is 7.99. The van der Waals surface area contributed by atoms with Crippen molar-refractivity contribution in [3.63, 3.8) is 0 Å². The van der Waals surface area contributed by atoms with Crippen LogP contribution in [0.4, 0.5) is 0 Å². The molecule has 1 aliphatic rings. The molecule has 4 rings (SSSR count). The number of carbonyl (C=O) groups is 1. The molecular formula is C21H20N4O3S2. The molecule has 0 fully saturated rings. The molecule has 0 unspecified atom stereocenters. The SMILES string of the molecule is CCOC(=O)/C(=C\c1ccc(C)s1)C1=Nn2c(nnc2-c2ccc(OC)cc2)SC1. The lowest BCUT2D eigenvalue weighted by Gasteiger charge is -2.15. The first kappa shape index (κ1) is 20.4. The molecule has 1 aliphatic heterocycles. The van der Waals surface area contributed by atoms with Crippen LogP contribution >= 0.6 is 23.1 Å². The number of thioether (sulfide) groups is 1. The van der Waals surface area contributed by atoms with E-state index in [1.165, 1.54) is 16.6 Å². The molecule has 0 radical (unpaired) electrons. The molecule has 0 atom stereocenters. The molecule has 0 spiro atoms. The van der Waals surface area contributed by atoms with Gasteiger partial charge in [0.25, 0.3) is 0 Å². The van der Waals surface area contributed by atoms with Crippen molar-refractivity contribution in [1.29, 1.82) is 0 Å². The third-order valence-corrected chi connectivity index (χ3v) is 6.25. The van der Waals surface area contributed by atoms with Gasteiger partial charge in [0.05, 0.1) is 25.0 Å². The number of hydrogen-bond acceptors (Lipinski definition) is 8. The Kier molecular flexibility index (Phi) is 6.01. The molecule has 30 heavy (non-hydrogen) atoms. The van der Waals surface area contributed by atoms with E-state index >= 15 is 0 Å². The van der Waals surface area contributed by atoms with Gasteiger partial charge in [-0.3, -0.25) is 0 Å². The maximum atomic E-state index is 12.7. The number of aromatic nitrogens is 3. The van der Waals surface area contributed by atoms with Crippen molar-refractivity contribution in [3.8, 4) is 17.1 Å². The molecule has 7 nitrogen and oxygen atoms in total. The standard InChI is InChI=1S/C21H20N4O3S2/c1-4-28-20(26)17(11-16-10-5-13(2)30-16)18-12-29-21-23-22-19(25(21)24-18)14-6-8-15(27-3)9-7-14/h5-11H,4,12H2,1-3H3/b17-11-. The number of fused-ring (bicyclic) bond motifs is 1. The lowest BCUT2D eigenvalue weighted by molar-refractivity contribution is -0.137. The van der Waals surface area contributed by atoms with Gasteiger partial charge in [-0.15, -0.1) is 21.5 Å². The summed E-state index contributed by atoms with van der Waals surface area (Å²) in [6.07, 6.45) is 1.84. The van der Waals surface area contributed by atoms with Crippen LogP contribution in [0, 0.1) is 6.92 Å². The Balaban J connectivity index is 1.75. The highest BCUT2D eigenvalue weighted by Crippen LogP contribution is 2.30. The Morgan fingerprint density at radius 2 is 2.00 bits per heavy atom. The zero-order valence-corrected chi connectivity index (χ0v) is 18.4. The van der Waals surface area contributed by atoms with Crippen molar-refractivity contribution in [1.82, 2.24) is 14.9 Å². The minimum atomic E-state index is -0.384. The van der Waals surface area contributed by atoms with Crippen LogP contribution in [-0.2, 0) is 9.53 Å². The quantitative estimate of drug-likeness (QED) is 0.421. The Labute approximate surface area is 182 Å². The summed E-state index contributed by atoms with van der Waals surface area (Å²) in [5, 5.41) is 13.9. The predicted molar refractivity (Wildman–Crippen MR) is 119 cm³/mol. The molecule has 3 aromatic rings. The maximum absolute atomic E-state index is 12.7. The third kappa shape index (κ3) is 4.17. The fraction of sp³-hybridized carbons (Fsp3) is 0.238. The van der Waals surface area contributed by atoms with E-state index in [0.717, 1.165) is 16.2 Å². The molecule has 0 saturated heterocycles. The van der Waals surface area contributed by atoms with E-state index in [1.54, 1.807) is 30.0 Å². The molecular weight excluding hydrogens is 420 g/mol. The van der Waals surface area contributed by atoms with Gasteiger partial charge in [0, 0.05) is 21.1 Å². The molecule has 9 heteroatoms. The molecule has 0 bridgehead atoms. The van der Waals surface area contributed by atoms with Gasteiger partial charge in [-0.25, -0.2) is 4.79 Å². The summed E-state index contributed by atoms with van der Waals surface area (Å²) >= 11 is 3.11. The van der Waals surface area contributed by atoms with Crippen molar-refractivity contribution in [2.75, 3.05) is 19.5 Å². The average Bonchev–Trinajstić information content (AvgIpc) is 3.37. The van der Waals surface area contributed by atoms with Gasteiger partial charge < -0.3 is 9.47 Å². The monoisotopic (exact) mass is 440 g/mol. The number of benzene rings is 1. The number of aryl methyl sites for hydroxylation is 1. The van der Waals surface area contributed by atoms with E-state index in [2.05, 4.69) is 10.2 Å². The van der Waals surface area contributed by atoms with E-state index < -0.39 is 0 Å². The first-order chi connectivity index (χ1) is 14.6. The second-order valence-corrected chi connectivity index (χ2v) is 8.67. The van der Waals surface area contributed by atoms with Gasteiger partial charge in [0.2, 0.25) is 5.16 Å². The van der Waals surface area contributed by atoms with Crippen molar-refractivity contribution < 1.29 is 14.3 Å². The smallest absolute Gasteiger partial charge is 0.340 e. The van der Waals surface area contributed by atoms with Gasteiger partial charge in [-0.1, -0.05) is 11.8 Å². The zero-order chi connectivity index (χ0) is 21.1. The van der Waals surface area contributed by atoms with Gasteiger partial charge in [-0.2, -0.15) is 9.78 Å². The van der Waals surface area contributed by atoms with Crippen molar-refractivity contribution in [3.05, 3.63) is 51.7 Å². The van der Waals surface area contributed by atoms with Gasteiger partial charge >= 0.3 is 5.97 Å². The number of thiophene rings is 1. The number of carbonyl (C=O) groups excluding carboxylic acids is 1. The number of methoxy groups -OCH3 is 1. The predicted octanol–water partition coefficient (Wildman–Crippen LogP) is 4.28. The normalized spacial score (nSPS) is 13.6. The summed E-state index contributed by atoms with van der Waals surface area (Å²) in [7, 11) is 1.62. The first-order valence-electron chi connectivity index (χ1n) is 9.35. The van der Waals surface area contributed by atoms with Gasteiger partial charge in [0.1, 0.15) is 5.75 Å². The van der Waals surface area contributed by atoms with Gasteiger partial charge in [-0.05, 0) is 56.3 Å². The molecule has 3 heterocycles. The molecule has 0 N–H and O–H groups in total.